The van der Waals surface area contributed by atoms with Gasteiger partial charge in [-0.2, -0.15) is 10.2 Å². The Labute approximate surface area is 170 Å². The van der Waals surface area contributed by atoms with Gasteiger partial charge in [-0.15, -0.1) is 0 Å². The van der Waals surface area contributed by atoms with Crippen molar-refractivity contribution in [3.63, 3.8) is 0 Å². The molecule has 0 amide bonds. The molecule has 0 bridgehead atoms. The van der Waals surface area contributed by atoms with Crippen molar-refractivity contribution in [2.24, 2.45) is 0 Å². The molecule has 1 atom stereocenters. The van der Waals surface area contributed by atoms with Crippen molar-refractivity contribution in [3.8, 4) is 17.0 Å². The number of fused-ring (bicyclic) bond motifs is 2. The molecule has 0 radical (unpaired) electrons. The molecule has 0 saturated carbocycles. The van der Waals surface area contributed by atoms with Gasteiger partial charge < -0.3 is 9.64 Å². The second kappa shape index (κ2) is 7.64. The zero-order valence-corrected chi connectivity index (χ0v) is 16.5. The highest BCUT2D eigenvalue weighted by atomic mass is 16.5. The summed E-state index contributed by atoms with van der Waals surface area (Å²) in [6.07, 6.45) is 2.70. The van der Waals surface area contributed by atoms with Crippen molar-refractivity contribution in [2.75, 3.05) is 13.6 Å². The van der Waals surface area contributed by atoms with Crippen molar-refractivity contribution >= 4 is 10.8 Å². The van der Waals surface area contributed by atoms with E-state index in [4.69, 9.17) is 4.74 Å². The number of benzene rings is 3. The molecule has 2 heterocycles. The largest absolute Gasteiger partial charge is 0.486 e. The first kappa shape index (κ1) is 17.8. The Morgan fingerprint density at radius 3 is 2.69 bits per heavy atom. The lowest BCUT2D eigenvalue weighted by atomic mass is 9.97. The molecule has 0 spiro atoms. The SMILES string of the molecule is CN1CCC(Oc2ccc3ccccc3c2)c2ccc(-c3cccnn3)cc2C1. The van der Waals surface area contributed by atoms with Gasteiger partial charge in [-0.25, -0.2) is 0 Å². The highest BCUT2D eigenvalue weighted by Gasteiger charge is 2.23. The first-order valence-corrected chi connectivity index (χ1v) is 10.0. The van der Waals surface area contributed by atoms with Crippen LogP contribution in [-0.4, -0.2) is 28.7 Å². The van der Waals surface area contributed by atoms with Crippen molar-refractivity contribution in [1.82, 2.24) is 15.1 Å². The average Bonchev–Trinajstić information content (AvgIpc) is 2.92. The fourth-order valence-electron chi connectivity index (χ4n) is 4.06. The predicted octanol–water partition coefficient (Wildman–Crippen LogP) is 5.25. The molecule has 29 heavy (non-hydrogen) atoms. The van der Waals surface area contributed by atoms with Gasteiger partial charge in [-0.05, 0) is 59.3 Å². The summed E-state index contributed by atoms with van der Waals surface area (Å²) in [5, 5.41) is 10.7. The van der Waals surface area contributed by atoms with E-state index in [2.05, 4.69) is 82.8 Å². The molecule has 4 nitrogen and oxygen atoms in total. The summed E-state index contributed by atoms with van der Waals surface area (Å²) in [5.74, 6) is 0.919. The summed E-state index contributed by atoms with van der Waals surface area (Å²) >= 11 is 0. The van der Waals surface area contributed by atoms with Crippen LogP contribution in [0, 0.1) is 0 Å². The molecule has 5 rings (SSSR count). The molecule has 0 N–H and O–H groups in total. The Morgan fingerprint density at radius 2 is 1.83 bits per heavy atom. The number of hydrogen-bond acceptors (Lipinski definition) is 4. The quantitative estimate of drug-likeness (QED) is 0.486. The van der Waals surface area contributed by atoms with E-state index < -0.39 is 0 Å². The molecule has 0 fully saturated rings. The predicted molar refractivity (Wildman–Crippen MR) is 116 cm³/mol. The first-order chi connectivity index (χ1) is 14.3. The first-order valence-electron chi connectivity index (χ1n) is 10.0. The van der Waals surface area contributed by atoms with Gasteiger partial charge in [0.2, 0.25) is 0 Å². The van der Waals surface area contributed by atoms with E-state index in [-0.39, 0.29) is 6.10 Å². The number of ether oxygens (including phenoxy) is 1. The molecule has 0 saturated heterocycles. The Balaban J connectivity index is 1.49. The Hall–Kier alpha value is -3.24. The summed E-state index contributed by atoms with van der Waals surface area (Å²) < 4.78 is 6.51. The average molecular weight is 381 g/mol. The molecule has 0 aliphatic carbocycles. The van der Waals surface area contributed by atoms with E-state index in [1.54, 1.807) is 6.20 Å². The minimum absolute atomic E-state index is 0.0343. The van der Waals surface area contributed by atoms with E-state index >= 15 is 0 Å². The summed E-state index contributed by atoms with van der Waals surface area (Å²) in [6.45, 7) is 1.90. The minimum atomic E-state index is 0.0343. The van der Waals surface area contributed by atoms with Gasteiger partial charge in [0, 0.05) is 31.3 Å². The Bertz CT molecular complexity index is 1140. The third kappa shape index (κ3) is 3.71. The van der Waals surface area contributed by atoms with Crippen LogP contribution in [0.15, 0.2) is 79.0 Å². The summed E-state index contributed by atoms with van der Waals surface area (Å²) in [7, 11) is 2.16. The number of nitrogens with zero attached hydrogens (tertiary/aromatic N) is 3. The van der Waals surface area contributed by atoms with Gasteiger partial charge in [-0.3, -0.25) is 0 Å². The van der Waals surface area contributed by atoms with Crippen molar-refractivity contribution in [3.05, 3.63) is 90.1 Å². The fourth-order valence-corrected chi connectivity index (χ4v) is 4.06. The third-order valence-corrected chi connectivity index (χ3v) is 5.57. The molecule has 1 aliphatic rings. The monoisotopic (exact) mass is 381 g/mol. The van der Waals surface area contributed by atoms with Crippen LogP contribution in [0.1, 0.15) is 23.7 Å². The zero-order chi connectivity index (χ0) is 19.6. The van der Waals surface area contributed by atoms with E-state index in [0.29, 0.717) is 0 Å². The van der Waals surface area contributed by atoms with Crippen LogP contribution in [-0.2, 0) is 6.54 Å². The van der Waals surface area contributed by atoms with Crippen molar-refractivity contribution in [1.29, 1.82) is 0 Å². The molecule has 4 aromatic rings. The van der Waals surface area contributed by atoms with E-state index in [1.807, 2.05) is 12.1 Å². The lowest BCUT2D eigenvalue weighted by molar-refractivity contribution is 0.183. The summed E-state index contributed by atoms with van der Waals surface area (Å²) in [6, 6.07) is 25.2. The van der Waals surface area contributed by atoms with Crippen LogP contribution in [0.4, 0.5) is 0 Å². The van der Waals surface area contributed by atoms with Crippen molar-refractivity contribution in [2.45, 2.75) is 19.1 Å². The summed E-state index contributed by atoms with van der Waals surface area (Å²) in [4.78, 5) is 2.35. The number of hydrogen-bond donors (Lipinski definition) is 0. The Kier molecular flexibility index (Phi) is 4.70. The lowest BCUT2D eigenvalue weighted by Crippen LogP contribution is -2.18. The highest BCUT2D eigenvalue weighted by molar-refractivity contribution is 5.83. The second-order valence-corrected chi connectivity index (χ2v) is 7.66. The van der Waals surface area contributed by atoms with Gasteiger partial charge in [0.15, 0.2) is 0 Å². The zero-order valence-electron chi connectivity index (χ0n) is 16.5. The number of rotatable bonds is 3. The van der Waals surface area contributed by atoms with E-state index in [9.17, 15) is 0 Å². The lowest BCUT2D eigenvalue weighted by Gasteiger charge is -2.20. The standard InChI is InChI=1S/C25H23N3O/c1-28-14-12-25(29-22-10-8-18-5-2-3-6-19(18)16-22)23-11-9-20(15-21(23)17-28)24-7-4-13-26-27-24/h2-11,13,15-16,25H,12,14,17H2,1H3. The number of aromatic nitrogens is 2. The van der Waals surface area contributed by atoms with E-state index in [1.165, 1.54) is 21.9 Å². The Morgan fingerprint density at radius 1 is 0.931 bits per heavy atom. The second-order valence-electron chi connectivity index (χ2n) is 7.66. The van der Waals surface area contributed by atoms with Gasteiger partial charge in [0.05, 0.1) is 5.69 Å². The van der Waals surface area contributed by atoms with Gasteiger partial charge in [-0.1, -0.05) is 42.5 Å². The van der Waals surface area contributed by atoms with Crippen LogP contribution >= 0.6 is 0 Å². The highest BCUT2D eigenvalue weighted by Crippen LogP contribution is 2.34. The molecular weight excluding hydrogens is 358 g/mol. The summed E-state index contributed by atoms with van der Waals surface area (Å²) in [5.41, 5.74) is 4.54. The maximum absolute atomic E-state index is 6.51. The van der Waals surface area contributed by atoms with Gasteiger partial charge >= 0.3 is 0 Å². The molecule has 4 heteroatoms. The minimum Gasteiger partial charge on any atom is -0.486 e. The third-order valence-electron chi connectivity index (χ3n) is 5.57. The molecule has 1 aromatic heterocycles. The molecular formula is C25H23N3O. The molecule has 3 aromatic carbocycles. The van der Waals surface area contributed by atoms with Crippen LogP contribution < -0.4 is 4.74 Å². The fraction of sp³-hybridized carbons (Fsp3) is 0.200. The smallest absolute Gasteiger partial charge is 0.125 e. The topological polar surface area (TPSA) is 38.2 Å². The maximum Gasteiger partial charge on any atom is 0.125 e. The van der Waals surface area contributed by atoms with Gasteiger partial charge in [0.1, 0.15) is 11.9 Å². The van der Waals surface area contributed by atoms with E-state index in [0.717, 1.165) is 36.5 Å². The molecule has 144 valence electrons. The molecule has 1 aliphatic heterocycles. The normalized spacial score (nSPS) is 16.9. The van der Waals surface area contributed by atoms with Crippen LogP contribution in [0.25, 0.3) is 22.0 Å². The molecule has 1 unspecified atom stereocenters. The van der Waals surface area contributed by atoms with Crippen LogP contribution in [0.5, 0.6) is 5.75 Å². The van der Waals surface area contributed by atoms with Gasteiger partial charge in [0.25, 0.3) is 0 Å². The van der Waals surface area contributed by atoms with Crippen LogP contribution in [0.2, 0.25) is 0 Å². The van der Waals surface area contributed by atoms with Crippen LogP contribution in [0.3, 0.4) is 0 Å². The maximum atomic E-state index is 6.51. The van der Waals surface area contributed by atoms with Crippen molar-refractivity contribution < 1.29 is 4.74 Å².